The van der Waals surface area contributed by atoms with E-state index < -0.39 is 10.0 Å². The first-order valence-electron chi connectivity index (χ1n) is 7.17. The molecular weight excluding hydrogens is 416 g/mol. The molecule has 5 nitrogen and oxygen atoms in total. The molecule has 1 N–H and O–H groups in total. The highest BCUT2D eigenvalue weighted by Gasteiger charge is 2.25. The molecular formula is C16H14BrClN2O3S. The molecule has 1 aliphatic heterocycles. The lowest BCUT2D eigenvalue weighted by Crippen LogP contribution is -2.25. The monoisotopic (exact) mass is 428 g/mol. The van der Waals surface area contributed by atoms with Gasteiger partial charge in [-0.15, -0.1) is 0 Å². The Balaban J connectivity index is 1.92. The second-order valence-corrected chi connectivity index (χ2v) is 8.45. The SMILES string of the molecule is CC(=O)N1CCc2cc(S(=O)(=O)Nc3ccc(Br)cc3Cl)ccc21. The maximum atomic E-state index is 12.6. The summed E-state index contributed by atoms with van der Waals surface area (Å²) in [4.78, 5) is 13.4. The van der Waals surface area contributed by atoms with E-state index in [0.29, 0.717) is 23.7 Å². The number of fused-ring (bicyclic) bond motifs is 1. The summed E-state index contributed by atoms with van der Waals surface area (Å²) in [6.07, 6.45) is 0.636. The molecule has 0 saturated carbocycles. The van der Waals surface area contributed by atoms with Gasteiger partial charge in [0, 0.05) is 23.6 Å². The number of rotatable bonds is 3. The minimum Gasteiger partial charge on any atom is -0.312 e. The molecule has 1 amide bonds. The number of anilines is 2. The third kappa shape index (κ3) is 3.29. The highest BCUT2D eigenvalue weighted by Crippen LogP contribution is 2.32. The first kappa shape index (κ1) is 17.3. The zero-order valence-electron chi connectivity index (χ0n) is 12.7. The number of benzene rings is 2. The lowest BCUT2D eigenvalue weighted by atomic mass is 10.2. The molecule has 0 atom stereocenters. The molecule has 126 valence electrons. The number of hydrogen-bond donors (Lipinski definition) is 1. The third-order valence-electron chi connectivity index (χ3n) is 3.81. The number of nitrogens with zero attached hydrogens (tertiary/aromatic N) is 1. The first-order chi connectivity index (χ1) is 11.3. The molecule has 2 aromatic carbocycles. The zero-order valence-corrected chi connectivity index (χ0v) is 15.9. The summed E-state index contributed by atoms with van der Waals surface area (Å²) in [6, 6.07) is 9.68. The van der Waals surface area contributed by atoms with Gasteiger partial charge in [0.2, 0.25) is 5.91 Å². The summed E-state index contributed by atoms with van der Waals surface area (Å²) in [5.74, 6) is -0.0517. The average Bonchev–Trinajstić information content (AvgIpc) is 2.93. The zero-order chi connectivity index (χ0) is 17.5. The van der Waals surface area contributed by atoms with E-state index in [1.807, 2.05) is 0 Å². The molecule has 2 aromatic rings. The van der Waals surface area contributed by atoms with E-state index >= 15 is 0 Å². The summed E-state index contributed by atoms with van der Waals surface area (Å²) in [6.45, 7) is 2.07. The van der Waals surface area contributed by atoms with Gasteiger partial charge in [0.25, 0.3) is 10.0 Å². The van der Waals surface area contributed by atoms with Gasteiger partial charge in [-0.2, -0.15) is 0 Å². The van der Waals surface area contributed by atoms with Gasteiger partial charge in [-0.05, 0) is 48.4 Å². The van der Waals surface area contributed by atoms with Crippen LogP contribution in [0.3, 0.4) is 0 Å². The van der Waals surface area contributed by atoms with Crippen LogP contribution in [-0.4, -0.2) is 20.9 Å². The second-order valence-electron chi connectivity index (χ2n) is 5.44. The van der Waals surface area contributed by atoms with Crippen molar-refractivity contribution in [3.05, 3.63) is 51.5 Å². The molecule has 0 saturated heterocycles. The number of halogens is 2. The lowest BCUT2D eigenvalue weighted by molar-refractivity contribution is -0.116. The fourth-order valence-corrected chi connectivity index (χ4v) is 4.55. The Morgan fingerprint density at radius 2 is 2.00 bits per heavy atom. The fourth-order valence-electron chi connectivity index (χ4n) is 2.65. The van der Waals surface area contributed by atoms with Crippen molar-refractivity contribution in [3.8, 4) is 0 Å². The van der Waals surface area contributed by atoms with Crippen molar-refractivity contribution in [2.24, 2.45) is 0 Å². The Bertz CT molecular complexity index is 931. The van der Waals surface area contributed by atoms with E-state index in [0.717, 1.165) is 15.7 Å². The Morgan fingerprint density at radius 1 is 1.25 bits per heavy atom. The van der Waals surface area contributed by atoms with Crippen molar-refractivity contribution in [1.82, 2.24) is 0 Å². The number of carbonyl (C=O) groups is 1. The summed E-state index contributed by atoms with van der Waals surface area (Å²) >= 11 is 9.35. The van der Waals surface area contributed by atoms with Gasteiger partial charge in [-0.25, -0.2) is 8.42 Å². The largest absolute Gasteiger partial charge is 0.312 e. The van der Waals surface area contributed by atoms with Crippen molar-refractivity contribution >= 4 is 54.8 Å². The van der Waals surface area contributed by atoms with E-state index in [2.05, 4.69) is 20.7 Å². The number of nitrogens with one attached hydrogen (secondary N) is 1. The molecule has 0 bridgehead atoms. The van der Waals surface area contributed by atoms with Crippen LogP contribution in [0.2, 0.25) is 5.02 Å². The summed E-state index contributed by atoms with van der Waals surface area (Å²) in [7, 11) is -3.76. The quantitative estimate of drug-likeness (QED) is 0.807. The van der Waals surface area contributed by atoms with Gasteiger partial charge in [0.05, 0.1) is 15.6 Å². The van der Waals surface area contributed by atoms with Crippen LogP contribution in [0.1, 0.15) is 12.5 Å². The minimum absolute atomic E-state index is 0.0517. The average molecular weight is 430 g/mol. The normalized spacial score (nSPS) is 13.7. The molecule has 0 spiro atoms. The highest BCUT2D eigenvalue weighted by molar-refractivity contribution is 9.10. The summed E-state index contributed by atoms with van der Waals surface area (Å²) < 4.78 is 28.4. The second kappa shape index (κ2) is 6.38. The predicted octanol–water partition coefficient (Wildman–Crippen LogP) is 3.81. The molecule has 24 heavy (non-hydrogen) atoms. The van der Waals surface area contributed by atoms with Gasteiger partial charge in [0.15, 0.2) is 0 Å². The highest BCUT2D eigenvalue weighted by atomic mass is 79.9. The first-order valence-corrected chi connectivity index (χ1v) is 9.82. The maximum absolute atomic E-state index is 12.6. The van der Waals surface area contributed by atoms with Crippen molar-refractivity contribution in [1.29, 1.82) is 0 Å². The van der Waals surface area contributed by atoms with Crippen LogP contribution < -0.4 is 9.62 Å². The predicted molar refractivity (Wildman–Crippen MR) is 98.1 cm³/mol. The molecule has 0 fully saturated rings. The van der Waals surface area contributed by atoms with Crippen molar-refractivity contribution in [3.63, 3.8) is 0 Å². The third-order valence-corrected chi connectivity index (χ3v) is 5.98. The Morgan fingerprint density at radius 3 is 2.67 bits per heavy atom. The van der Waals surface area contributed by atoms with Crippen LogP contribution in [0.15, 0.2) is 45.8 Å². The number of carbonyl (C=O) groups excluding carboxylic acids is 1. The van der Waals surface area contributed by atoms with E-state index in [9.17, 15) is 13.2 Å². The van der Waals surface area contributed by atoms with Crippen LogP contribution in [0.25, 0.3) is 0 Å². The Labute approximate surface area is 153 Å². The molecule has 8 heteroatoms. The Kier molecular flexibility index (Phi) is 4.59. The molecule has 0 unspecified atom stereocenters. The van der Waals surface area contributed by atoms with E-state index in [1.54, 1.807) is 35.2 Å². The lowest BCUT2D eigenvalue weighted by Gasteiger charge is -2.15. The van der Waals surface area contributed by atoms with Crippen molar-refractivity contribution < 1.29 is 13.2 Å². The molecule has 1 heterocycles. The van der Waals surface area contributed by atoms with Gasteiger partial charge in [0.1, 0.15) is 0 Å². The molecule has 0 aliphatic carbocycles. The minimum atomic E-state index is -3.76. The smallest absolute Gasteiger partial charge is 0.261 e. The topological polar surface area (TPSA) is 66.5 Å². The van der Waals surface area contributed by atoms with Gasteiger partial charge < -0.3 is 4.90 Å². The number of amides is 1. The van der Waals surface area contributed by atoms with Gasteiger partial charge in [-0.3, -0.25) is 9.52 Å². The molecule has 0 radical (unpaired) electrons. The van der Waals surface area contributed by atoms with Crippen LogP contribution >= 0.6 is 27.5 Å². The van der Waals surface area contributed by atoms with Crippen LogP contribution in [0, 0.1) is 0 Å². The summed E-state index contributed by atoms with van der Waals surface area (Å²) in [5.41, 5.74) is 1.92. The van der Waals surface area contributed by atoms with E-state index in [-0.39, 0.29) is 10.8 Å². The molecule has 0 aromatic heterocycles. The number of sulfonamides is 1. The summed E-state index contributed by atoms with van der Waals surface area (Å²) in [5, 5.41) is 0.303. The van der Waals surface area contributed by atoms with Gasteiger partial charge >= 0.3 is 0 Å². The standard InChI is InChI=1S/C16H14BrClN2O3S/c1-10(21)20-7-6-11-8-13(3-5-16(11)20)24(22,23)19-15-4-2-12(17)9-14(15)18/h2-5,8-9,19H,6-7H2,1H3. The van der Waals surface area contributed by atoms with Crippen LogP contribution in [0.5, 0.6) is 0 Å². The number of hydrogen-bond acceptors (Lipinski definition) is 3. The van der Waals surface area contributed by atoms with Crippen LogP contribution in [0.4, 0.5) is 11.4 Å². The van der Waals surface area contributed by atoms with E-state index in [1.165, 1.54) is 13.0 Å². The van der Waals surface area contributed by atoms with Crippen LogP contribution in [-0.2, 0) is 21.2 Å². The fraction of sp³-hybridized carbons (Fsp3) is 0.188. The Hall–Kier alpha value is -1.57. The van der Waals surface area contributed by atoms with Crippen molar-refractivity contribution in [2.75, 3.05) is 16.2 Å². The van der Waals surface area contributed by atoms with Gasteiger partial charge in [-0.1, -0.05) is 27.5 Å². The molecule has 1 aliphatic rings. The maximum Gasteiger partial charge on any atom is 0.261 e. The van der Waals surface area contributed by atoms with Crippen molar-refractivity contribution in [2.45, 2.75) is 18.2 Å². The molecule has 3 rings (SSSR count). The van der Waals surface area contributed by atoms with E-state index in [4.69, 9.17) is 11.6 Å².